The number of hydrogen-bond acceptors (Lipinski definition) is 1. The fraction of sp³-hybridized carbons (Fsp3) is 0.308. The number of rotatable bonds is 3. The van der Waals surface area contributed by atoms with Crippen molar-refractivity contribution in [2.24, 2.45) is 0 Å². The van der Waals surface area contributed by atoms with Gasteiger partial charge in [-0.3, -0.25) is 0 Å². The molecule has 157 valence electrons. The van der Waals surface area contributed by atoms with Crippen LogP contribution in [0.4, 0.5) is 5.69 Å². The van der Waals surface area contributed by atoms with E-state index in [1.54, 1.807) is 0 Å². The molecule has 0 heterocycles. The van der Waals surface area contributed by atoms with Crippen molar-refractivity contribution in [1.82, 2.24) is 0 Å². The predicted octanol–water partition coefficient (Wildman–Crippen LogP) is 1.04. The van der Waals surface area contributed by atoms with Crippen molar-refractivity contribution in [3.63, 3.8) is 0 Å². The number of hydrogen-bond donors (Lipinski definition) is 1. The van der Waals surface area contributed by atoms with Crippen LogP contribution in [0.3, 0.4) is 0 Å². The second-order valence-electron chi connectivity index (χ2n) is 7.77. The first kappa shape index (κ1) is 28.8. The standard InChI is InChI=1S/C13H21N.C13H9.2ClH.Ti/c1-9(2)11-7-6-8-12(10(3)4)13(11)14-5;1-3-7-12-10(5-1)9-11-6-2-4-8-13(11)12;;;/h6-10,14H,1-5H3;1-5,7-8H,9H2;2*1H;/q;-1;;;+3/p-2. The largest absolute Gasteiger partial charge is 3.00 e. The van der Waals surface area contributed by atoms with Crippen LogP contribution in [0.15, 0.2) is 60.7 Å². The topological polar surface area (TPSA) is 12.0 Å². The number of para-hydroxylation sites is 1. The molecular formula is C26H30Cl2NTi. The summed E-state index contributed by atoms with van der Waals surface area (Å²) >= 11 is 0. The third-order valence-corrected chi connectivity index (χ3v) is 5.24. The van der Waals surface area contributed by atoms with Crippen LogP contribution in [0.2, 0.25) is 0 Å². The van der Waals surface area contributed by atoms with Gasteiger partial charge in [0.1, 0.15) is 0 Å². The number of nitrogens with one attached hydrogen (secondary N) is 1. The van der Waals surface area contributed by atoms with Crippen molar-refractivity contribution < 1.29 is 46.5 Å². The van der Waals surface area contributed by atoms with Crippen molar-refractivity contribution in [1.29, 1.82) is 0 Å². The SMILES string of the molecule is CNc1c(C(C)C)cccc1C(C)C.[Cl-].[Cl-].[Ti+3].[c-]1cccc2c1Cc1ccccc1-2. The molecule has 0 atom stereocenters. The summed E-state index contributed by atoms with van der Waals surface area (Å²) in [7, 11) is 2.01. The smallest absolute Gasteiger partial charge is 1.00 e. The minimum atomic E-state index is 0. The van der Waals surface area contributed by atoms with E-state index < -0.39 is 0 Å². The summed E-state index contributed by atoms with van der Waals surface area (Å²) in [6.45, 7) is 8.95. The Labute approximate surface area is 209 Å². The molecule has 4 rings (SSSR count). The fourth-order valence-corrected chi connectivity index (χ4v) is 3.84. The van der Waals surface area contributed by atoms with E-state index >= 15 is 0 Å². The zero-order valence-corrected chi connectivity index (χ0v) is 21.5. The minimum Gasteiger partial charge on any atom is -1.00 e. The number of fused-ring (bicyclic) bond motifs is 3. The third-order valence-electron chi connectivity index (χ3n) is 5.24. The van der Waals surface area contributed by atoms with Crippen LogP contribution in [0, 0.1) is 6.07 Å². The Bertz CT molecular complexity index is 853. The first-order valence-electron chi connectivity index (χ1n) is 9.91. The maximum atomic E-state index is 3.33. The predicted molar refractivity (Wildman–Crippen MR) is 118 cm³/mol. The molecule has 1 aliphatic rings. The summed E-state index contributed by atoms with van der Waals surface area (Å²) in [6, 6.07) is 24.7. The Morgan fingerprint density at radius 3 is 1.90 bits per heavy atom. The molecule has 0 amide bonds. The molecule has 30 heavy (non-hydrogen) atoms. The zero-order chi connectivity index (χ0) is 19.4. The van der Waals surface area contributed by atoms with Gasteiger partial charge in [-0.2, -0.15) is 29.8 Å². The first-order chi connectivity index (χ1) is 13.0. The Hall–Kier alpha value is -1.25. The van der Waals surface area contributed by atoms with E-state index in [1.807, 2.05) is 13.1 Å². The summed E-state index contributed by atoms with van der Waals surface area (Å²) < 4.78 is 0. The molecule has 0 saturated carbocycles. The third kappa shape index (κ3) is 6.38. The molecule has 1 N–H and O–H groups in total. The summed E-state index contributed by atoms with van der Waals surface area (Å²) in [5.74, 6) is 1.16. The van der Waals surface area contributed by atoms with E-state index in [1.165, 1.54) is 39.1 Å². The molecule has 0 aliphatic heterocycles. The van der Waals surface area contributed by atoms with Crippen molar-refractivity contribution in [3.8, 4) is 11.1 Å². The fourth-order valence-electron chi connectivity index (χ4n) is 3.84. The molecular weight excluding hydrogens is 445 g/mol. The number of halogens is 2. The Morgan fingerprint density at radius 2 is 1.33 bits per heavy atom. The van der Waals surface area contributed by atoms with Gasteiger partial charge < -0.3 is 30.1 Å². The van der Waals surface area contributed by atoms with E-state index in [-0.39, 0.29) is 46.5 Å². The van der Waals surface area contributed by atoms with Crippen LogP contribution in [-0.4, -0.2) is 7.05 Å². The van der Waals surface area contributed by atoms with Gasteiger partial charge in [-0.25, -0.2) is 0 Å². The zero-order valence-electron chi connectivity index (χ0n) is 18.4. The monoisotopic (exact) mass is 474 g/mol. The molecule has 0 saturated heterocycles. The van der Waals surface area contributed by atoms with Gasteiger partial charge in [0.2, 0.25) is 0 Å². The molecule has 0 unspecified atom stereocenters. The molecule has 0 spiro atoms. The van der Waals surface area contributed by atoms with Gasteiger partial charge in [0.05, 0.1) is 0 Å². The number of benzene rings is 3. The molecule has 4 heteroatoms. The van der Waals surface area contributed by atoms with E-state index in [4.69, 9.17) is 0 Å². The molecule has 0 fully saturated rings. The quantitative estimate of drug-likeness (QED) is 0.345. The van der Waals surface area contributed by atoms with E-state index in [9.17, 15) is 0 Å². The molecule has 1 radical (unpaired) electrons. The van der Waals surface area contributed by atoms with Crippen molar-refractivity contribution >= 4 is 5.69 Å². The van der Waals surface area contributed by atoms with Gasteiger partial charge >= 0.3 is 21.7 Å². The van der Waals surface area contributed by atoms with E-state index in [2.05, 4.69) is 93.7 Å². The van der Waals surface area contributed by atoms with Crippen molar-refractivity contribution in [2.45, 2.75) is 46.0 Å². The van der Waals surface area contributed by atoms with Crippen LogP contribution in [0.25, 0.3) is 11.1 Å². The molecule has 3 aromatic carbocycles. The maximum Gasteiger partial charge on any atom is 3.00 e. The van der Waals surface area contributed by atoms with Crippen LogP contribution in [-0.2, 0) is 28.1 Å². The van der Waals surface area contributed by atoms with Crippen LogP contribution < -0.4 is 30.1 Å². The molecule has 0 bridgehead atoms. The van der Waals surface area contributed by atoms with Gasteiger partial charge in [-0.15, -0.1) is 5.56 Å². The minimum absolute atomic E-state index is 0. The average Bonchev–Trinajstić information content (AvgIpc) is 3.06. The second kappa shape index (κ2) is 13.2. The summed E-state index contributed by atoms with van der Waals surface area (Å²) in [5, 5.41) is 3.33. The van der Waals surface area contributed by atoms with E-state index in [0.717, 1.165) is 6.42 Å². The summed E-state index contributed by atoms with van der Waals surface area (Å²) in [4.78, 5) is 0. The van der Waals surface area contributed by atoms with Crippen molar-refractivity contribution in [2.75, 3.05) is 12.4 Å². The molecule has 1 nitrogen and oxygen atoms in total. The summed E-state index contributed by atoms with van der Waals surface area (Å²) in [5.41, 5.74) is 9.66. The first-order valence-corrected chi connectivity index (χ1v) is 9.91. The molecule has 3 aromatic rings. The summed E-state index contributed by atoms with van der Waals surface area (Å²) in [6.07, 6.45) is 1.05. The van der Waals surface area contributed by atoms with Gasteiger partial charge in [0, 0.05) is 12.7 Å². The Kier molecular flexibility index (Phi) is 12.7. The van der Waals surface area contributed by atoms with E-state index in [0.29, 0.717) is 11.8 Å². The van der Waals surface area contributed by atoms with Crippen LogP contribution in [0.1, 0.15) is 61.8 Å². The van der Waals surface area contributed by atoms with Gasteiger partial charge in [-0.1, -0.05) is 81.3 Å². The van der Waals surface area contributed by atoms with Gasteiger partial charge in [-0.05, 0) is 29.4 Å². The average molecular weight is 475 g/mol. The van der Waals surface area contributed by atoms with Crippen molar-refractivity contribution in [3.05, 3.63) is 89.0 Å². The Morgan fingerprint density at radius 1 is 0.767 bits per heavy atom. The van der Waals surface area contributed by atoms with Crippen LogP contribution >= 0.6 is 0 Å². The number of anilines is 1. The molecule has 1 aliphatic carbocycles. The molecule has 0 aromatic heterocycles. The Balaban J connectivity index is 0.000000510. The van der Waals surface area contributed by atoms with Crippen LogP contribution in [0.5, 0.6) is 0 Å². The van der Waals surface area contributed by atoms with Gasteiger partial charge in [0.15, 0.2) is 0 Å². The normalized spacial score (nSPS) is 10.5. The maximum absolute atomic E-state index is 3.33. The van der Waals surface area contributed by atoms with Gasteiger partial charge in [0.25, 0.3) is 0 Å². The second-order valence-corrected chi connectivity index (χ2v) is 7.77.